The molecule has 100 valence electrons. The molecule has 4 heteroatoms. The van der Waals surface area contributed by atoms with Crippen LogP contribution in [0.4, 0.5) is 15.8 Å². The number of nitrogens with one attached hydrogen (secondary N) is 1. The summed E-state index contributed by atoms with van der Waals surface area (Å²) in [4.78, 5) is 2.05. The normalized spacial score (nSPS) is 10.3. The second kappa shape index (κ2) is 6.06. The van der Waals surface area contributed by atoms with Gasteiger partial charge in [0.05, 0.1) is 5.69 Å². The van der Waals surface area contributed by atoms with E-state index in [1.54, 1.807) is 6.07 Å². The average Bonchev–Trinajstić information content (AvgIpc) is 2.38. The van der Waals surface area contributed by atoms with Crippen LogP contribution in [0.2, 0.25) is 0 Å². The molecule has 2 aromatic carbocycles. The summed E-state index contributed by atoms with van der Waals surface area (Å²) in [6.45, 7) is 0.591. The summed E-state index contributed by atoms with van der Waals surface area (Å²) in [7, 11) is 4.01. The molecule has 2 nitrogen and oxygen atoms in total. The molecule has 0 bridgehead atoms. The lowest BCUT2D eigenvalue weighted by Gasteiger charge is -2.13. The molecule has 0 aliphatic carbocycles. The summed E-state index contributed by atoms with van der Waals surface area (Å²) >= 11 is 3.34. The zero-order valence-corrected chi connectivity index (χ0v) is 12.5. The maximum atomic E-state index is 13.6. The zero-order valence-electron chi connectivity index (χ0n) is 11.0. The van der Waals surface area contributed by atoms with Gasteiger partial charge >= 0.3 is 0 Å². The molecule has 0 atom stereocenters. The van der Waals surface area contributed by atoms with E-state index in [2.05, 4.69) is 21.2 Å². The Morgan fingerprint density at radius 3 is 2.37 bits per heavy atom. The molecule has 0 spiro atoms. The Labute approximate surface area is 121 Å². The molecule has 0 fully saturated rings. The Bertz CT molecular complexity index is 532. The minimum Gasteiger partial charge on any atom is -0.378 e. The average molecular weight is 323 g/mol. The number of rotatable bonds is 4. The van der Waals surface area contributed by atoms with Gasteiger partial charge in [-0.25, -0.2) is 4.39 Å². The van der Waals surface area contributed by atoms with E-state index < -0.39 is 0 Å². The first-order chi connectivity index (χ1) is 9.08. The summed E-state index contributed by atoms with van der Waals surface area (Å²) in [5.74, 6) is -0.251. The van der Waals surface area contributed by atoms with Gasteiger partial charge in [-0.05, 0) is 45.8 Å². The first kappa shape index (κ1) is 13.9. The minimum absolute atomic E-state index is 0.251. The molecule has 0 radical (unpaired) electrons. The van der Waals surface area contributed by atoms with Crippen molar-refractivity contribution in [3.63, 3.8) is 0 Å². The van der Waals surface area contributed by atoms with Gasteiger partial charge in [0.15, 0.2) is 0 Å². The molecule has 0 heterocycles. The highest BCUT2D eigenvalue weighted by Crippen LogP contribution is 2.25. The van der Waals surface area contributed by atoms with Crippen LogP contribution in [0.25, 0.3) is 0 Å². The lowest BCUT2D eigenvalue weighted by atomic mass is 10.2. The van der Waals surface area contributed by atoms with Crippen molar-refractivity contribution in [2.45, 2.75) is 6.54 Å². The van der Waals surface area contributed by atoms with Gasteiger partial charge in [0.1, 0.15) is 5.82 Å². The molecule has 0 saturated carbocycles. The fourth-order valence-corrected chi connectivity index (χ4v) is 2.25. The summed E-state index contributed by atoms with van der Waals surface area (Å²) in [6.07, 6.45) is 0. The van der Waals surface area contributed by atoms with Gasteiger partial charge in [-0.15, -0.1) is 0 Å². The van der Waals surface area contributed by atoms with E-state index in [1.807, 2.05) is 49.3 Å². The SMILES string of the molecule is CN(C)c1ccc(CNc2c(F)cccc2Br)cc1. The Balaban J connectivity index is 2.06. The Hall–Kier alpha value is -1.55. The second-order valence-corrected chi connectivity index (χ2v) is 5.37. The van der Waals surface area contributed by atoms with E-state index in [0.717, 1.165) is 15.7 Å². The van der Waals surface area contributed by atoms with Crippen LogP contribution >= 0.6 is 15.9 Å². The largest absolute Gasteiger partial charge is 0.378 e. The van der Waals surface area contributed by atoms with Gasteiger partial charge in [-0.3, -0.25) is 0 Å². The van der Waals surface area contributed by atoms with Gasteiger partial charge in [0, 0.05) is 30.8 Å². The monoisotopic (exact) mass is 322 g/mol. The summed E-state index contributed by atoms with van der Waals surface area (Å²) < 4.78 is 14.4. The van der Waals surface area contributed by atoms with Crippen molar-refractivity contribution in [2.75, 3.05) is 24.3 Å². The van der Waals surface area contributed by atoms with Crippen LogP contribution in [0.1, 0.15) is 5.56 Å². The molecule has 2 rings (SSSR count). The third-order valence-electron chi connectivity index (χ3n) is 2.88. The van der Waals surface area contributed by atoms with E-state index in [-0.39, 0.29) is 5.82 Å². The van der Waals surface area contributed by atoms with E-state index >= 15 is 0 Å². The molecule has 2 aromatic rings. The molecule has 0 aromatic heterocycles. The number of nitrogens with zero attached hydrogens (tertiary/aromatic N) is 1. The fraction of sp³-hybridized carbons (Fsp3) is 0.200. The quantitative estimate of drug-likeness (QED) is 0.904. The maximum Gasteiger partial charge on any atom is 0.147 e. The molecule has 1 N–H and O–H groups in total. The number of hydrogen-bond acceptors (Lipinski definition) is 2. The maximum absolute atomic E-state index is 13.6. The molecular weight excluding hydrogens is 307 g/mol. The summed E-state index contributed by atoms with van der Waals surface area (Å²) in [5, 5.41) is 3.11. The Kier molecular flexibility index (Phi) is 4.43. The number of benzene rings is 2. The first-order valence-electron chi connectivity index (χ1n) is 6.02. The summed E-state index contributed by atoms with van der Waals surface area (Å²) in [5.41, 5.74) is 2.76. The molecule has 0 aliphatic rings. The van der Waals surface area contributed by atoms with Gasteiger partial charge in [0.25, 0.3) is 0 Å². The molecule has 0 saturated heterocycles. The van der Waals surface area contributed by atoms with E-state index in [0.29, 0.717) is 12.2 Å². The van der Waals surface area contributed by atoms with Crippen LogP contribution in [0.5, 0.6) is 0 Å². The Morgan fingerprint density at radius 2 is 1.79 bits per heavy atom. The highest BCUT2D eigenvalue weighted by atomic mass is 79.9. The van der Waals surface area contributed by atoms with Crippen molar-refractivity contribution >= 4 is 27.3 Å². The molecule has 0 amide bonds. The third kappa shape index (κ3) is 3.47. The van der Waals surface area contributed by atoms with Crippen LogP contribution in [0.3, 0.4) is 0 Å². The minimum atomic E-state index is -0.251. The van der Waals surface area contributed by atoms with Crippen molar-refractivity contribution in [3.05, 3.63) is 58.3 Å². The Morgan fingerprint density at radius 1 is 1.11 bits per heavy atom. The van der Waals surface area contributed by atoms with Crippen LogP contribution in [0.15, 0.2) is 46.9 Å². The van der Waals surface area contributed by atoms with Crippen molar-refractivity contribution in [1.82, 2.24) is 0 Å². The van der Waals surface area contributed by atoms with E-state index in [1.165, 1.54) is 6.07 Å². The zero-order chi connectivity index (χ0) is 13.8. The predicted molar refractivity (Wildman–Crippen MR) is 82.2 cm³/mol. The number of anilines is 2. The van der Waals surface area contributed by atoms with Crippen molar-refractivity contribution in [2.24, 2.45) is 0 Å². The topological polar surface area (TPSA) is 15.3 Å². The number of para-hydroxylation sites is 1. The fourth-order valence-electron chi connectivity index (χ4n) is 1.77. The van der Waals surface area contributed by atoms with Crippen LogP contribution in [0, 0.1) is 5.82 Å². The standard InChI is InChI=1S/C15H16BrFN2/c1-19(2)12-8-6-11(7-9-12)10-18-15-13(16)4-3-5-14(15)17/h3-9,18H,10H2,1-2H3. The van der Waals surface area contributed by atoms with E-state index in [4.69, 9.17) is 0 Å². The van der Waals surface area contributed by atoms with Gasteiger partial charge in [-0.2, -0.15) is 0 Å². The van der Waals surface area contributed by atoms with Crippen LogP contribution in [-0.2, 0) is 6.54 Å². The van der Waals surface area contributed by atoms with Crippen LogP contribution < -0.4 is 10.2 Å². The van der Waals surface area contributed by atoms with Crippen molar-refractivity contribution in [3.8, 4) is 0 Å². The number of hydrogen-bond donors (Lipinski definition) is 1. The molecular formula is C15H16BrFN2. The smallest absolute Gasteiger partial charge is 0.147 e. The molecule has 0 aliphatic heterocycles. The van der Waals surface area contributed by atoms with Crippen LogP contribution in [-0.4, -0.2) is 14.1 Å². The molecule has 19 heavy (non-hydrogen) atoms. The highest BCUT2D eigenvalue weighted by molar-refractivity contribution is 9.10. The van der Waals surface area contributed by atoms with Gasteiger partial charge in [-0.1, -0.05) is 18.2 Å². The molecule has 0 unspecified atom stereocenters. The number of halogens is 2. The van der Waals surface area contributed by atoms with Gasteiger partial charge < -0.3 is 10.2 Å². The highest BCUT2D eigenvalue weighted by Gasteiger charge is 2.05. The van der Waals surface area contributed by atoms with Crippen molar-refractivity contribution in [1.29, 1.82) is 0 Å². The second-order valence-electron chi connectivity index (χ2n) is 4.51. The predicted octanol–water partition coefficient (Wildman–Crippen LogP) is 4.27. The van der Waals surface area contributed by atoms with Crippen molar-refractivity contribution < 1.29 is 4.39 Å². The van der Waals surface area contributed by atoms with Gasteiger partial charge in [0.2, 0.25) is 0 Å². The third-order valence-corrected chi connectivity index (χ3v) is 3.55. The summed E-state index contributed by atoms with van der Waals surface area (Å²) in [6, 6.07) is 13.1. The lowest BCUT2D eigenvalue weighted by molar-refractivity contribution is 0.629. The lowest BCUT2D eigenvalue weighted by Crippen LogP contribution is -2.08. The first-order valence-corrected chi connectivity index (χ1v) is 6.81. The van der Waals surface area contributed by atoms with E-state index in [9.17, 15) is 4.39 Å².